The molecule has 1 saturated carbocycles. The summed E-state index contributed by atoms with van der Waals surface area (Å²) in [5, 5.41) is 4.63. The number of nitrogens with zero attached hydrogens (tertiary/aromatic N) is 3. The zero-order chi connectivity index (χ0) is 13.5. The molecular weight excluding hydrogens is 236 g/mol. The second-order valence-electron chi connectivity index (χ2n) is 5.80. The van der Waals surface area contributed by atoms with Crippen molar-refractivity contribution >= 4 is 0 Å². The Balaban J connectivity index is 1.82. The molecule has 1 aromatic heterocycles. The van der Waals surface area contributed by atoms with Crippen molar-refractivity contribution in [2.24, 2.45) is 12.8 Å². The topological polar surface area (TPSA) is 56.7 Å². The van der Waals surface area contributed by atoms with Gasteiger partial charge < -0.3 is 5.73 Å². The van der Waals surface area contributed by atoms with E-state index in [1.807, 2.05) is 11.7 Å². The Morgan fingerprint density at radius 2 is 1.84 bits per heavy atom. The van der Waals surface area contributed by atoms with E-state index in [0.717, 1.165) is 31.0 Å². The Labute approximate surface area is 116 Å². The van der Waals surface area contributed by atoms with Crippen molar-refractivity contribution in [1.82, 2.24) is 14.8 Å². The molecule has 1 aliphatic carbocycles. The van der Waals surface area contributed by atoms with Crippen molar-refractivity contribution in [3.8, 4) is 0 Å². The third-order valence-corrected chi connectivity index (χ3v) is 4.19. The Hall–Kier alpha value is -0.900. The molecule has 19 heavy (non-hydrogen) atoms. The average Bonchev–Trinajstić information content (AvgIpc) is 2.81. The molecule has 0 atom stereocenters. The monoisotopic (exact) mass is 264 g/mol. The van der Waals surface area contributed by atoms with Crippen LogP contribution in [0.2, 0.25) is 0 Å². The van der Waals surface area contributed by atoms with Gasteiger partial charge in [0.05, 0.1) is 0 Å². The van der Waals surface area contributed by atoms with Crippen molar-refractivity contribution < 1.29 is 0 Å². The molecule has 0 saturated heterocycles. The molecule has 1 aliphatic rings. The predicted molar refractivity (Wildman–Crippen MR) is 78.1 cm³/mol. The zero-order valence-corrected chi connectivity index (χ0v) is 12.3. The molecule has 1 fully saturated rings. The van der Waals surface area contributed by atoms with E-state index < -0.39 is 0 Å². The first-order valence-electron chi connectivity index (χ1n) is 7.91. The third-order valence-electron chi connectivity index (χ3n) is 4.19. The van der Waals surface area contributed by atoms with E-state index in [9.17, 15) is 0 Å². The maximum atomic E-state index is 5.51. The van der Waals surface area contributed by atoms with Gasteiger partial charge in [-0.2, -0.15) is 5.10 Å². The maximum Gasteiger partial charge on any atom is 0.154 e. The molecule has 0 radical (unpaired) electrons. The van der Waals surface area contributed by atoms with Gasteiger partial charge >= 0.3 is 0 Å². The van der Waals surface area contributed by atoms with Gasteiger partial charge in [-0.15, -0.1) is 0 Å². The molecule has 4 heteroatoms. The van der Waals surface area contributed by atoms with Gasteiger partial charge in [-0.1, -0.05) is 32.1 Å². The van der Waals surface area contributed by atoms with Gasteiger partial charge in [-0.05, 0) is 32.2 Å². The van der Waals surface area contributed by atoms with Crippen LogP contribution < -0.4 is 5.73 Å². The third kappa shape index (κ3) is 4.30. The van der Waals surface area contributed by atoms with E-state index in [1.165, 1.54) is 51.4 Å². The maximum absolute atomic E-state index is 5.51. The van der Waals surface area contributed by atoms with Gasteiger partial charge in [0.2, 0.25) is 0 Å². The van der Waals surface area contributed by atoms with E-state index >= 15 is 0 Å². The van der Waals surface area contributed by atoms with Crippen LogP contribution >= 0.6 is 0 Å². The summed E-state index contributed by atoms with van der Waals surface area (Å²) in [6.45, 7) is 0.815. The van der Waals surface area contributed by atoms with Crippen molar-refractivity contribution in [1.29, 1.82) is 0 Å². The number of nitrogens with two attached hydrogens (primary N) is 1. The fourth-order valence-corrected chi connectivity index (χ4v) is 2.97. The van der Waals surface area contributed by atoms with Crippen LogP contribution in [0, 0.1) is 0 Å². The summed E-state index contributed by atoms with van der Waals surface area (Å²) in [5.41, 5.74) is 5.51. The van der Waals surface area contributed by atoms with Crippen molar-refractivity contribution in [3.05, 3.63) is 11.6 Å². The van der Waals surface area contributed by atoms with Crippen molar-refractivity contribution in [2.45, 2.75) is 70.1 Å². The molecule has 4 nitrogen and oxygen atoms in total. The molecular formula is C15H28N4. The standard InChI is InChI=1S/C15H28N4/c1-19-14(11-7-2-3-8-12-16)17-15(18-19)13-9-5-4-6-10-13/h13H,2-12,16H2,1H3. The van der Waals surface area contributed by atoms with E-state index in [1.54, 1.807) is 0 Å². The van der Waals surface area contributed by atoms with Crippen LogP contribution in [-0.2, 0) is 13.5 Å². The van der Waals surface area contributed by atoms with E-state index in [0.29, 0.717) is 5.92 Å². The average molecular weight is 264 g/mol. The zero-order valence-electron chi connectivity index (χ0n) is 12.3. The van der Waals surface area contributed by atoms with E-state index in [4.69, 9.17) is 10.7 Å². The Morgan fingerprint density at radius 3 is 2.58 bits per heavy atom. The summed E-state index contributed by atoms with van der Waals surface area (Å²) in [6, 6.07) is 0. The Kier molecular flexibility index (Phi) is 5.83. The highest BCUT2D eigenvalue weighted by Crippen LogP contribution is 2.30. The van der Waals surface area contributed by atoms with Gasteiger partial charge in [0.25, 0.3) is 0 Å². The molecule has 0 bridgehead atoms. The normalized spacial score (nSPS) is 16.9. The first kappa shape index (κ1) is 14.5. The van der Waals surface area contributed by atoms with Crippen LogP contribution in [0.25, 0.3) is 0 Å². The first-order valence-corrected chi connectivity index (χ1v) is 7.91. The minimum absolute atomic E-state index is 0.617. The number of aryl methyl sites for hydroxylation is 2. The Morgan fingerprint density at radius 1 is 1.11 bits per heavy atom. The summed E-state index contributed by atoms with van der Waals surface area (Å²) in [4.78, 5) is 4.78. The lowest BCUT2D eigenvalue weighted by atomic mass is 9.89. The second kappa shape index (κ2) is 7.63. The molecule has 0 aliphatic heterocycles. The van der Waals surface area contributed by atoms with Crippen LogP contribution in [0.1, 0.15) is 75.4 Å². The first-order chi connectivity index (χ1) is 9.31. The molecule has 2 N–H and O–H groups in total. The largest absolute Gasteiger partial charge is 0.330 e. The summed E-state index contributed by atoms with van der Waals surface area (Å²) < 4.78 is 1.99. The van der Waals surface area contributed by atoms with Gasteiger partial charge in [0.15, 0.2) is 5.82 Å². The highest BCUT2D eigenvalue weighted by atomic mass is 15.3. The van der Waals surface area contributed by atoms with Crippen LogP contribution in [0.3, 0.4) is 0 Å². The lowest BCUT2D eigenvalue weighted by molar-refractivity contribution is 0.427. The van der Waals surface area contributed by atoms with Gasteiger partial charge in [-0.25, -0.2) is 4.98 Å². The van der Waals surface area contributed by atoms with Crippen molar-refractivity contribution in [2.75, 3.05) is 6.54 Å². The smallest absolute Gasteiger partial charge is 0.154 e. The number of unbranched alkanes of at least 4 members (excludes halogenated alkanes) is 3. The summed E-state index contributed by atoms with van der Waals surface area (Å²) >= 11 is 0. The predicted octanol–water partition coefficient (Wildman–Crippen LogP) is 2.92. The van der Waals surface area contributed by atoms with Gasteiger partial charge in [-0.3, -0.25) is 4.68 Å². The summed E-state index contributed by atoms with van der Waals surface area (Å²) in [6.07, 6.45) is 12.5. The lowest BCUT2D eigenvalue weighted by Crippen LogP contribution is -2.06. The SMILES string of the molecule is Cn1nc(C2CCCCC2)nc1CCCCCCN. The number of hydrogen-bond acceptors (Lipinski definition) is 3. The van der Waals surface area contributed by atoms with Crippen LogP contribution in [-0.4, -0.2) is 21.3 Å². The summed E-state index contributed by atoms with van der Waals surface area (Å²) in [7, 11) is 2.04. The molecule has 1 aromatic rings. The molecule has 108 valence electrons. The Bertz CT molecular complexity index is 366. The minimum atomic E-state index is 0.617. The minimum Gasteiger partial charge on any atom is -0.330 e. The van der Waals surface area contributed by atoms with E-state index in [2.05, 4.69) is 5.10 Å². The molecule has 0 aromatic carbocycles. The van der Waals surface area contributed by atoms with Crippen LogP contribution in [0.4, 0.5) is 0 Å². The van der Waals surface area contributed by atoms with Crippen LogP contribution in [0.5, 0.6) is 0 Å². The molecule has 0 amide bonds. The molecule has 1 heterocycles. The molecule has 0 spiro atoms. The second-order valence-corrected chi connectivity index (χ2v) is 5.80. The highest BCUT2D eigenvalue weighted by Gasteiger charge is 2.20. The fourth-order valence-electron chi connectivity index (χ4n) is 2.97. The molecule has 2 rings (SSSR count). The summed E-state index contributed by atoms with van der Waals surface area (Å²) in [5.74, 6) is 2.87. The van der Waals surface area contributed by atoms with Crippen molar-refractivity contribution in [3.63, 3.8) is 0 Å². The molecule has 0 unspecified atom stereocenters. The van der Waals surface area contributed by atoms with Crippen LogP contribution in [0.15, 0.2) is 0 Å². The van der Waals surface area contributed by atoms with Gasteiger partial charge in [0, 0.05) is 19.4 Å². The number of rotatable bonds is 7. The lowest BCUT2D eigenvalue weighted by Gasteiger charge is -2.18. The quantitative estimate of drug-likeness (QED) is 0.770. The highest BCUT2D eigenvalue weighted by molar-refractivity contribution is 5.00. The number of hydrogen-bond donors (Lipinski definition) is 1. The fraction of sp³-hybridized carbons (Fsp3) is 0.867. The van der Waals surface area contributed by atoms with E-state index in [-0.39, 0.29) is 0 Å². The van der Waals surface area contributed by atoms with Gasteiger partial charge in [0.1, 0.15) is 5.82 Å². The number of aromatic nitrogens is 3.